The molecular formula is C19H28N2O4S. The Labute approximate surface area is 155 Å². The summed E-state index contributed by atoms with van der Waals surface area (Å²) < 4.78 is 26.9. The summed E-state index contributed by atoms with van der Waals surface area (Å²) in [5.74, 6) is 0.450. The van der Waals surface area contributed by atoms with Gasteiger partial charge in [0.05, 0.1) is 4.90 Å². The van der Waals surface area contributed by atoms with Gasteiger partial charge in [0, 0.05) is 25.1 Å². The minimum atomic E-state index is -3.62. The lowest BCUT2D eigenvalue weighted by Crippen LogP contribution is -2.31. The molecule has 1 aromatic carbocycles. The van der Waals surface area contributed by atoms with Crippen molar-refractivity contribution in [3.63, 3.8) is 0 Å². The molecule has 0 saturated heterocycles. The number of carbonyl (C=O) groups is 2. The molecule has 1 saturated carbocycles. The van der Waals surface area contributed by atoms with E-state index in [1.165, 1.54) is 63.3 Å². The molecule has 144 valence electrons. The molecule has 26 heavy (non-hydrogen) atoms. The van der Waals surface area contributed by atoms with Crippen LogP contribution in [0.15, 0.2) is 29.2 Å². The molecule has 2 N–H and O–H groups in total. The van der Waals surface area contributed by atoms with Gasteiger partial charge in [-0.05, 0) is 44.2 Å². The van der Waals surface area contributed by atoms with Crippen molar-refractivity contribution in [2.45, 2.75) is 56.8 Å². The maximum absolute atomic E-state index is 12.2. The highest BCUT2D eigenvalue weighted by atomic mass is 32.2. The maximum atomic E-state index is 12.2. The van der Waals surface area contributed by atoms with Crippen LogP contribution in [0.1, 0.15) is 62.2 Å². The van der Waals surface area contributed by atoms with Crippen LogP contribution < -0.4 is 10.0 Å². The predicted octanol–water partition coefficient (Wildman–Crippen LogP) is 2.64. The Morgan fingerprint density at radius 1 is 1.08 bits per heavy atom. The van der Waals surface area contributed by atoms with E-state index in [0.29, 0.717) is 24.3 Å². The predicted molar refractivity (Wildman–Crippen MR) is 100 cm³/mol. The van der Waals surface area contributed by atoms with Crippen molar-refractivity contribution in [2.24, 2.45) is 5.92 Å². The molecule has 6 nitrogen and oxygen atoms in total. The van der Waals surface area contributed by atoms with Crippen LogP contribution in [0.5, 0.6) is 0 Å². The Balaban J connectivity index is 1.69. The molecule has 2 rings (SSSR count). The van der Waals surface area contributed by atoms with Crippen LogP contribution in [0.4, 0.5) is 0 Å². The van der Waals surface area contributed by atoms with Crippen LogP contribution in [0, 0.1) is 5.92 Å². The zero-order valence-corrected chi connectivity index (χ0v) is 16.1. The number of benzene rings is 1. The average Bonchev–Trinajstić information content (AvgIpc) is 2.64. The second-order valence-electron chi connectivity index (χ2n) is 6.89. The summed E-state index contributed by atoms with van der Waals surface area (Å²) in [7, 11) is -3.62. The van der Waals surface area contributed by atoms with Gasteiger partial charge in [-0.15, -0.1) is 0 Å². The monoisotopic (exact) mass is 380 g/mol. The minimum Gasteiger partial charge on any atom is -0.356 e. The number of sulfonamides is 1. The molecule has 1 aliphatic carbocycles. The molecule has 1 amide bonds. The van der Waals surface area contributed by atoms with Gasteiger partial charge in [0.2, 0.25) is 15.9 Å². The Kier molecular flexibility index (Phi) is 7.78. The molecule has 0 aliphatic heterocycles. The SMILES string of the molecule is CC(=O)c1ccc(S(=O)(=O)NCCCC(=O)NCC2CCCCC2)cc1. The van der Waals surface area contributed by atoms with Crippen LogP contribution in [0.2, 0.25) is 0 Å². The zero-order chi connectivity index (χ0) is 19.0. The lowest BCUT2D eigenvalue weighted by molar-refractivity contribution is -0.121. The van der Waals surface area contributed by atoms with Crippen LogP contribution in [-0.4, -0.2) is 33.2 Å². The zero-order valence-electron chi connectivity index (χ0n) is 15.3. The van der Waals surface area contributed by atoms with E-state index in [9.17, 15) is 18.0 Å². The second kappa shape index (κ2) is 9.83. The Hall–Kier alpha value is -1.73. The summed E-state index contributed by atoms with van der Waals surface area (Å²) in [6, 6.07) is 5.82. The molecule has 0 bridgehead atoms. The molecule has 0 unspecified atom stereocenters. The van der Waals surface area contributed by atoms with Gasteiger partial charge >= 0.3 is 0 Å². The summed E-state index contributed by atoms with van der Waals surface area (Å²) in [5.41, 5.74) is 0.471. The summed E-state index contributed by atoms with van der Waals surface area (Å²) in [6.45, 7) is 2.36. The largest absolute Gasteiger partial charge is 0.356 e. The van der Waals surface area contributed by atoms with Gasteiger partial charge in [-0.25, -0.2) is 13.1 Å². The van der Waals surface area contributed by atoms with Crippen molar-refractivity contribution in [1.29, 1.82) is 0 Å². The third-order valence-corrected chi connectivity index (χ3v) is 6.23. The lowest BCUT2D eigenvalue weighted by atomic mass is 9.89. The van der Waals surface area contributed by atoms with Crippen molar-refractivity contribution in [3.05, 3.63) is 29.8 Å². The average molecular weight is 381 g/mol. The third kappa shape index (κ3) is 6.53. The molecule has 1 fully saturated rings. The molecule has 0 aromatic heterocycles. The smallest absolute Gasteiger partial charge is 0.240 e. The standard InChI is InChI=1S/C19H28N2O4S/c1-15(22)17-9-11-18(12-10-17)26(24,25)21-13-5-8-19(23)20-14-16-6-3-2-4-7-16/h9-12,16,21H,2-8,13-14H2,1H3,(H,20,23). The molecular weight excluding hydrogens is 352 g/mol. The minimum absolute atomic E-state index is 0.0272. The number of rotatable bonds is 9. The summed E-state index contributed by atoms with van der Waals surface area (Å²) in [5, 5.41) is 2.95. The Bertz CT molecular complexity index is 708. The van der Waals surface area contributed by atoms with Crippen LogP contribution in [-0.2, 0) is 14.8 Å². The summed E-state index contributed by atoms with van der Waals surface area (Å²) in [6.07, 6.45) is 6.90. The number of amides is 1. The van der Waals surface area contributed by atoms with E-state index in [-0.39, 0.29) is 23.1 Å². The first-order valence-electron chi connectivity index (χ1n) is 9.26. The summed E-state index contributed by atoms with van der Waals surface area (Å²) >= 11 is 0. The third-order valence-electron chi connectivity index (χ3n) is 4.76. The molecule has 0 radical (unpaired) electrons. The van der Waals surface area contributed by atoms with E-state index >= 15 is 0 Å². The fourth-order valence-corrected chi connectivity index (χ4v) is 4.22. The quantitative estimate of drug-likeness (QED) is 0.509. The van der Waals surface area contributed by atoms with Crippen molar-refractivity contribution in [3.8, 4) is 0 Å². The molecule has 1 aliphatic rings. The number of carbonyl (C=O) groups excluding carboxylic acids is 2. The van der Waals surface area contributed by atoms with Gasteiger partial charge in [-0.3, -0.25) is 9.59 Å². The van der Waals surface area contributed by atoms with E-state index in [4.69, 9.17) is 0 Å². The maximum Gasteiger partial charge on any atom is 0.240 e. The second-order valence-corrected chi connectivity index (χ2v) is 8.66. The number of Topliss-reactive ketones (excluding diaryl/α,β-unsaturated/α-hetero) is 1. The lowest BCUT2D eigenvalue weighted by Gasteiger charge is -2.21. The highest BCUT2D eigenvalue weighted by Crippen LogP contribution is 2.22. The number of nitrogens with one attached hydrogen (secondary N) is 2. The first-order chi connectivity index (χ1) is 12.4. The number of ketones is 1. The molecule has 0 heterocycles. The Morgan fingerprint density at radius 2 is 1.73 bits per heavy atom. The van der Waals surface area contributed by atoms with E-state index in [2.05, 4.69) is 10.0 Å². The van der Waals surface area contributed by atoms with E-state index in [0.717, 1.165) is 6.54 Å². The normalized spacial score (nSPS) is 15.6. The highest BCUT2D eigenvalue weighted by Gasteiger charge is 2.15. The first kappa shape index (κ1) is 20.6. The van der Waals surface area contributed by atoms with Gasteiger partial charge < -0.3 is 5.32 Å². The molecule has 1 aromatic rings. The van der Waals surface area contributed by atoms with Crippen LogP contribution in [0.25, 0.3) is 0 Å². The summed E-state index contributed by atoms with van der Waals surface area (Å²) in [4.78, 5) is 23.2. The highest BCUT2D eigenvalue weighted by molar-refractivity contribution is 7.89. The molecule has 7 heteroatoms. The van der Waals surface area contributed by atoms with E-state index < -0.39 is 10.0 Å². The van der Waals surface area contributed by atoms with Crippen LogP contribution >= 0.6 is 0 Å². The number of hydrogen-bond donors (Lipinski definition) is 2. The fraction of sp³-hybridized carbons (Fsp3) is 0.579. The van der Waals surface area contributed by atoms with Gasteiger partial charge in [0.15, 0.2) is 5.78 Å². The van der Waals surface area contributed by atoms with Crippen molar-refractivity contribution >= 4 is 21.7 Å². The fourth-order valence-electron chi connectivity index (χ4n) is 3.15. The van der Waals surface area contributed by atoms with Gasteiger partial charge in [0.1, 0.15) is 0 Å². The molecule has 0 atom stereocenters. The first-order valence-corrected chi connectivity index (χ1v) is 10.7. The van der Waals surface area contributed by atoms with Gasteiger partial charge in [-0.1, -0.05) is 31.4 Å². The van der Waals surface area contributed by atoms with Gasteiger partial charge in [-0.2, -0.15) is 0 Å². The van der Waals surface area contributed by atoms with Crippen molar-refractivity contribution < 1.29 is 18.0 Å². The van der Waals surface area contributed by atoms with E-state index in [1.54, 1.807) is 0 Å². The topological polar surface area (TPSA) is 92.3 Å². The van der Waals surface area contributed by atoms with Crippen molar-refractivity contribution in [1.82, 2.24) is 10.0 Å². The van der Waals surface area contributed by atoms with E-state index in [1.807, 2.05) is 0 Å². The number of hydrogen-bond acceptors (Lipinski definition) is 4. The molecule has 0 spiro atoms. The van der Waals surface area contributed by atoms with Crippen LogP contribution in [0.3, 0.4) is 0 Å². The van der Waals surface area contributed by atoms with Crippen molar-refractivity contribution in [2.75, 3.05) is 13.1 Å². The Morgan fingerprint density at radius 3 is 2.35 bits per heavy atom. The van der Waals surface area contributed by atoms with Gasteiger partial charge in [0.25, 0.3) is 0 Å².